The van der Waals surface area contributed by atoms with Crippen LogP contribution < -0.4 is 5.73 Å². The second-order valence-electron chi connectivity index (χ2n) is 3.84. The Morgan fingerprint density at radius 2 is 2.21 bits per heavy atom. The monoisotopic (exact) mass is 198 g/mol. The number of aromatic nitrogens is 2. The zero-order valence-electron chi connectivity index (χ0n) is 9.03. The van der Waals surface area contributed by atoms with E-state index in [0.717, 1.165) is 13.0 Å². The quantitative estimate of drug-likeness (QED) is 0.724. The van der Waals surface area contributed by atoms with Gasteiger partial charge in [-0.15, -0.1) is 0 Å². The van der Waals surface area contributed by atoms with Crippen molar-refractivity contribution in [3.63, 3.8) is 0 Å². The van der Waals surface area contributed by atoms with Crippen molar-refractivity contribution in [1.29, 1.82) is 0 Å². The summed E-state index contributed by atoms with van der Waals surface area (Å²) < 4.78 is 5.07. The Balaban J connectivity index is 2.42. The zero-order chi connectivity index (χ0) is 10.6. The molecule has 5 heteroatoms. The summed E-state index contributed by atoms with van der Waals surface area (Å²) in [6.07, 6.45) is 1.46. The summed E-state index contributed by atoms with van der Waals surface area (Å²) in [7, 11) is 4.03. The van der Waals surface area contributed by atoms with E-state index >= 15 is 0 Å². The summed E-state index contributed by atoms with van der Waals surface area (Å²) in [6, 6.07) is 0.0781. The summed E-state index contributed by atoms with van der Waals surface area (Å²) in [5.41, 5.74) is 5.63. The number of rotatable bonds is 5. The average molecular weight is 198 g/mol. The Morgan fingerprint density at radius 3 is 2.79 bits per heavy atom. The lowest BCUT2D eigenvalue weighted by molar-refractivity contribution is 0.341. The summed E-state index contributed by atoms with van der Waals surface area (Å²) in [5, 5.41) is 3.85. The maximum absolute atomic E-state index is 5.63. The largest absolute Gasteiger partial charge is 0.339 e. The third-order valence-electron chi connectivity index (χ3n) is 1.79. The van der Waals surface area contributed by atoms with Gasteiger partial charge in [0.2, 0.25) is 5.89 Å². The number of nitrogens with zero attached hydrogens (tertiary/aromatic N) is 3. The van der Waals surface area contributed by atoms with Gasteiger partial charge in [-0.1, -0.05) is 5.16 Å². The molecule has 1 atom stereocenters. The maximum atomic E-state index is 5.63. The summed E-state index contributed by atoms with van der Waals surface area (Å²) in [5.74, 6) is 1.39. The van der Waals surface area contributed by atoms with Crippen LogP contribution in [0.3, 0.4) is 0 Å². The second kappa shape index (κ2) is 5.07. The standard InChI is InChI=1S/C9H18N4O/c1-7(10)6-8-11-9(14-12-8)4-5-13(2)3/h7H,4-6,10H2,1-3H3. The first-order valence-electron chi connectivity index (χ1n) is 4.79. The summed E-state index contributed by atoms with van der Waals surface area (Å²) >= 11 is 0. The average Bonchev–Trinajstić information content (AvgIpc) is 2.47. The van der Waals surface area contributed by atoms with Gasteiger partial charge < -0.3 is 15.2 Å². The molecular weight excluding hydrogens is 180 g/mol. The first-order valence-corrected chi connectivity index (χ1v) is 4.79. The molecule has 0 aliphatic carbocycles. The molecule has 0 amide bonds. The third-order valence-corrected chi connectivity index (χ3v) is 1.79. The zero-order valence-corrected chi connectivity index (χ0v) is 9.03. The number of hydrogen-bond donors (Lipinski definition) is 1. The highest BCUT2D eigenvalue weighted by Gasteiger charge is 2.07. The molecule has 0 saturated heterocycles. The molecule has 0 aromatic carbocycles. The van der Waals surface area contributed by atoms with E-state index in [1.807, 2.05) is 21.0 Å². The Bertz CT molecular complexity index is 270. The molecule has 1 heterocycles. The number of hydrogen-bond acceptors (Lipinski definition) is 5. The van der Waals surface area contributed by atoms with Gasteiger partial charge in [-0.05, 0) is 21.0 Å². The van der Waals surface area contributed by atoms with E-state index in [-0.39, 0.29) is 6.04 Å². The first kappa shape index (κ1) is 11.1. The molecule has 0 aliphatic heterocycles. The lowest BCUT2D eigenvalue weighted by Gasteiger charge is -2.05. The predicted molar refractivity (Wildman–Crippen MR) is 53.9 cm³/mol. The number of nitrogens with two attached hydrogens (primary N) is 1. The summed E-state index contributed by atoms with van der Waals surface area (Å²) in [4.78, 5) is 6.32. The van der Waals surface area contributed by atoms with Crippen molar-refractivity contribution in [2.75, 3.05) is 20.6 Å². The molecular formula is C9H18N4O. The molecule has 1 rings (SSSR count). The smallest absolute Gasteiger partial charge is 0.227 e. The van der Waals surface area contributed by atoms with E-state index in [1.54, 1.807) is 0 Å². The molecule has 0 spiro atoms. The van der Waals surface area contributed by atoms with Gasteiger partial charge in [0.15, 0.2) is 5.82 Å². The van der Waals surface area contributed by atoms with Crippen LogP contribution in [-0.2, 0) is 12.8 Å². The molecule has 80 valence electrons. The third kappa shape index (κ3) is 3.85. The molecule has 2 N–H and O–H groups in total. The Hall–Kier alpha value is -0.940. The Kier molecular flexibility index (Phi) is 4.03. The van der Waals surface area contributed by atoms with E-state index in [2.05, 4.69) is 15.0 Å². The molecule has 0 fully saturated rings. The van der Waals surface area contributed by atoms with Crippen molar-refractivity contribution in [3.05, 3.63) is 11.7 Å². The van der Waals surface area contributed by atoms with Crippen LogP contribution in [-0.4, -0.2) is 41.7 Å². The van der Waals surface area contributed by atoms with Crippen molar-refractivity contribution < 1.29 is 4.52 Å². The van der Waals surface area contributed by atoms with E-state index in [1.165, 1.54) is 0 Å². The van der Waals surface area contributed by atoms with Crippen LogP contribution in [0, 0.1) is 0 Å². The van der Waals surface area contributed by atoms with Gasteiger partial charge in [-0.2, -0.15) is 4.98 Å². The van der Waals surface area contributed by atoms with E-state index < -0.39 is 0 Å². The van der Waals surface area contributed by atoms with Crippen LogP contribution in [0.15, 0.2) is 4.52 Å². The fourth-order valence-electron chi connectivity index (χ4n) is 1.08. The molecule has 1 aromatic rings. The van der Waals surface area contributed by atoms with Crippen molar-refractivity contribution in [2.45, 2.75) is 25.8 Å². The van der Waals surface area contributed by atoms with E-state index in [0.29, 0.717) is 18.1 Å². The van der Waals surface area contributed by atoms with Gasteiger partial charge >= 0.3 is 0 Å². The fraction of sp³-hybridized carbons (Fsp3) is 0.778. The van der Waals surface area contributed by atoms with Gasteiger partial charge in [-0.25, -0.2) is 0 Å². The minimum absolute atomic E-state index is 0.0781. The molecule has 0 bridgehead atoms. The second-order valence-corrected chi connectivity index (χ2v) is 3.84. The van der Waals surface area contributed by atoms with Crippen molar-refractivity contribution in [1.82, 2.24) is 15.0 Å². The highest BCUT2D eigenvalue weighted by molar-refractivity contribution is 4.89. The number of likely N-dealkylation sites (N-methyl/N-ethyl adjacent to an activating group) is 1. The van der Waals surface area contributed by atoms with Gasteiger partial charge in [0.1, 0.15) is 0 Å². The van der Waals surface area contributed by atoms with E-state index in [4.69, 9.17) is 10.3 Å². The minimum Gasteiger partial charge on any atom is -0.339 e. The Labute approximate surface area is 84.3 Å². The topological polar surface area (TPSA) is 68.2 Å². The maximum Gasteiger partial charge on any atom is 0.227 e. The first-order chi connectivity index (χ1) is 6.58. The normalized spacial score (nSPS) is 13.5. The van der Waals surface area contributed by atoms with Gasteiger partial charge in [0, 0.05) is 25.4 Å². The highest BCUT2D eigenvalue weighted by atomic mass is 16.5. The molecule has 5 nitrogen and oxygen atoms in total. The van der Waals surface area contributed by atoms with Gasteiger partial charge in [0.25, 0.3) is 0 Å². The molecule has 14 heavy (non-hydrogen) atoms. The van der Waals surface area contributed by atoms with Gasteiger partial charge in [0.05, 0.1) is 0 Å². The molecule has 1 unspecified atom stereocenters. The molecule has 1 aromatic heterocycles. The lowest BCUT2D eigenvalue weighted by atomic mass is 10.2. The van der Waals surface area contributed by atoms with E-state index in [9.17, 15) is 0 Å². The highest BCUT2D eigenvalue weighted by Crippen LogP contribution is 2.00. The molecule has 0 radical (unpaired) electrons. The minimum atomic E-state index is 0.0781. The molecule has 0 saturated carbocycles. The van der Waals surface area contributed by atoms with Crippen LogP contribution in [0.25, 0.3) is 0 Å². The van der Waals surface area contributed by atoms with Crippen LogP contribution in [0.5, 0.6) is 0 Å². The van der Waals surface area contributed by atoms with Crippen molar-refractivity contribution in [2.24, 2.45) is 5.73 Å². The van der Waals surface area contributed by atoms with Crippen LogP contribution in [0.1, 0.15) is 18.6 Å². The Morgan fingerprint density at radius 1 is 1.50 bits per heavy atom. The van der Waals surface area contributed by atoms with Crippen LogP contribution in [0.4, 0.5) is 0 Å². The van der Waals surface area contributed by atoms with Crippen LogP contribution in [0.2, 0.25) is 0 Å². The van der Waals surface area contributed by atoms with Crippen molar-refractivity contribution in [3.8, 4) is 0 Å². The SMILES string of the molecule is CC(N)Cc1noc(CCN(C)C)n1. The summed E-state index contributed by atoms with van der Waals surface area (Å²) in [6.45, 7) is 2.84. The van der Waals surface area contributed by atoms with Gasteiger partial charge in [-0.3, -0.25) is 0 Å². The lowest BCUT2D eigenvalue weighted by Crippen LogP contribution is -2.18. The molecule has 0 aliphatic rings. The fourth-order valence-corrected chi connectivity index (χ4v) is 1.08. The predicted octanol–water partition coefficient (Wildman–Crippen LogP) is 0.0634. The van der Waals surface area contributed by atoms with Crippen LogP contribution >= 0.6 is 0 Å². The van der Waals surface area contributed by atoms with Crippen molar-refractivity contribution >= 4 is 0 Å².